The molecule has 0 radical (unpaired) electrons. The lowest BCUT2D eigenvalue weighted by molar-refractivity contribution is 0.402. The van der Waals surface area contributed by atoms with Gasteiger partial charge in [0.1, 0.15) is 5.75 Å². The third-order valence-corrected chi connectivity index (χ3v) is 3.75. The van der Waals surface area contributed by atoms with Gasteiger partial charge in [0.2, 0.25) is 0 Å². The van der Waals surface area contributed by atoms with Crippen molar-refractivity contribution in [3.63, 3.8) is 0 Å². The number of benzene rings is 1. The Bertz CT molecular complexity index is 379. The topological polar surface area (TPSA) is 21.3 Å². The van der Waals surface area contributed by atoms with Crippen molar-refractivity contribution in [3.05, 3.63) is 42.0 Å². The number of hydrogen-bond acceptors (Lipinski definition) is 3. The molecule has 0 bridgehead atoms. The molecule has 0 saturated heterocycles. The first-order chi connectivity index (χ1) is 8.69. The molecule has 1 aromatic carbocycles. The molecule has 18 heavy (non-hydrogen) atoms. The van der Waals surface area contributed by atoms with Crippen molar-refractivity contribution in [1.82, 2.24) is 5.32 Å². The van der Waals surface area contributed by atoms with E-state index in [1.165, 1.54) is 11.1 Å². The predicted octanol–water partition coefficient (Wildman–Crippen LogP) is 3.57. The van der Waals surface area contributed by atoms with Gasteiger partial charge in [-0.25, -0.2) is 0 Å². The zero-order valence-corrected chi connectivity index (χ0v) is 12.3. The molecule has 0 saturated carbocycles. The van der Waals surface area contributed by atoms with Crippen LogP contribution in [0, 0.1) is 6.92 Å². The van der Waals surface area contributed by atoms with Gasteiger partial charge in [-0.15, -0.1) is 6.58 Å². The molecule has 1 rings (SSSR count). The number of rotatable bonds is 8. The van der Waals surface area contributed by atoms with Crippen LogP contribution in [0.5, 0.6) is 5.75 Å². The van der Waals surface area contributed by atoms with Crippen LogP contribution in [0.3, 0.4) is 0 Å². The fraction of sp³-hybridized carbons (Fsp3) is 0.467. The van der Waals surface area contributed by atoms with Crippen molar-refractivity contribution in [3.8, 4) is 5.75 Å². The van der Waals surface area contributed by atoms with E-state index in [1.54, 1.807) is 7.11 Å². The second kappa shape index (κ2) is 8.22. The number of methoxy groups -OCH3 is 1. The Balaban J connectivity index is 2.50. The molecule has 0 spiro atoms. The average Bonchev–Trinajstić information content (AvgIpc) is 2.38. The van der Waals surface area contributed by atoms with E-state index in [9.17, 15) is 0 Å². The summed E-state index contributed by atoms with van der Waals surface area (Å²) in [5.74, 6) is 3.09. The maximum Gasteiger partial charge on any atom is 0.123 e. The molecule has 3 heteroatoms. The Kier molecular flexibility index (Phi) is 6.91. The highest BCUT2D eigenvalue weighted by molar-refractivity contribution is 7.99. The summed E-state index contributed by atoms with van der Waals surface area (Å²) >= 11 is 1.89. The zero-order chi connectivity index (χ0) is 13.4. The van der Waals surface area contributed by atoms with Crippen LogP contribution in [0.4, 0.5) is 0 Å². The molecule has 0 aliphatic heterocycles. The van der Waals surface area contributed by atoms with Gasteiger partial charge < -0.3 is 10.1 Å². The van der Waals surface area contributed by atoms with Crippen molar-refractivity contribution >= 4 is 11.8 Å². The maximum atomic E-state index is 5.43. The van der Waals surface area contributed by atoms with Gasteiger partial charge in [0.25, 0.3) is 0 Å². The lowest BCUT2D eigenvalue weighted by Gasteiger charge is -2.17. The first kappa shape index (κ1) is 15.1. The fourth-order valence-corrected chi connectivity index (χ4v) is 2.40. The van der Waals surface area contributed by atoms with E-state index in [0.717, 1.165) is 23.8 Å². The first-order valence-corrected chi connectivity index (χ1v) is 7.41. The van der Waals surface area contributed by atoms with Gasteiger partial charge in [-0.05, 0) is 25.5 Å². The van der Waals surface area contributed by atoms with Crippen LogP contribution in [0.15, 0.2) is 30.9 Å². The summed E-state index contributed by atoms with van der Waals surface area (Å²) in [4.78, 5) is 0. The largest absolute Gasteiger partial charge is 0.496 e. The van der Waals surface area contributed by atoms with E-state index in [1.807, 2.05) is 17.8 Å². The van der Waals surface area contributed by atoms with E-state index in [2.05, 4.69) is 43.9 Å². The minimum atomic E-state index is 0.310. The smallest absolute Gasteiger partial charge is 0.123 e. The highest BCUT2D eigenvalue weighted by Gasteiger charge is 2.10. The molecule has 0 aromatic heterocycles. The minimum absolute atomic E-state index is 0.310. The molecule has 100 valence electrons. The van der Waals surface area contributed by atoms with Crippen LogP contribution in [-0.4, -0.2) is 25.2 Å². The van der Waals surface area contributed by atoms with Crippen LogP contribution < -0.4 is 10.1 Å². The Morgan fingerprint density at radius 2 is 2.28 bits per heavy atom. The molecule has 1 N–H and O–H groups in total. The van der Waals surface area contributed by atoms with E-state index in [0.29, 0.717) is 6.04 Å². The molecule has 1 unspecified atom stereocenters. The third-order valence-electron chi connectivity index (χ3n) is 2.79. The number of nitrogens with one attached hydrogen (secondary N) is 1. The molecular weight excluding hydrogens is 242 g/mol. The Labute approximate surface area is 115 Å². The molecule has 0 fully saturated rings. The molecule has 0 aliphatic carbocycles. The summed E-state index contributed by atoms with van der Waals surface area (Å²) in [6, 6.07) is 6.66. The molecular formula is C15H23NOS. The standard InChI is InChI=1S/C15H23NOS/c1-5-9-18-10-8-16-13(3)14-7-6-12(2)11-15(14)17-4/h5-7,11,13,16H,1,8-10H2,2-4H3. The minimum Gasteiger partial charge on any atom is -0.496 e. The van der Waals surface area contributed by atoms with Crippen LogP contribution in [0.25, 0.3) is 0 Å². The first-order valence-electron chi connectivity index (χ1n) is 6.25. The van der Waals surface area contributed by atoms with Crippen molar-refractivity contribution in [2.75, 3.05) is 25.2 Å². The average molecular weight is 265 g/mol. The van der Waals surface area contributed by atoms with Gasteiger partial charge in [0, 0.05) is 29.7 Å². The monoisotopic (exact) mass is 265 g/mol. The van der Waals surface area contributed by atoms with Crippen LogP contribution in [0.2, 0.25) is 0 Å². The molecule has 0 amide bonds. The van der Waals surface area contributed by atoms with Crippen molar-refractivity contribution < 1.29 is 4.74 Å². The van der Waals surface area contributed by atoms with Gasteiger partial charge in [0.05, 0.1) is 7.11 Å². The summed E-state index contributed by atoms with van der Waals surface area (Å²) in [5.41, 5.74) is 2.45. The zero-order valence-electron chi connectivity index (χ0n) is 11.5. The van der Waals surface area contributed by atoms with Crippen molar-refractivity contribution in [2.24, 2.45) is 0 Å². The van der Waals surface area contributed by atoms with E-state index in [-0.39, 0.29) is 0 Å². The van der Waals surface area contributed by atoms with Gasteiger partial charge in [-0.1, -0.05) is 18.2 Å². The maximum absolute atomic E-state index is 5.43. The predicted molar refractivity (Wildman–Crippen MR) is 81.7 cm³/mol. The lowest BCUT2D eigenvalue weighted by Crippen LogP contribution is -2.22. The molecule has 1 aromatic rings. The van der Waals surface area contributed by atoms with Gasteiger partial charge in [-0.3, -0.25) is 0 Å². The van der Waals surface area contributed by atoms with Gasteiger partial charge in [0.15, 0.2) is 0 Å². The highest BCUT2D eigenvalue weighted by Crippen LogP contribution is 2.25. The Hall–Kier alpha value is -0.930. The van der Waals surface area contributed by atoms with Crippen molar-refractivity contribution in [1.29, 1.82) is 0 Å². The van der Waals surface area contributed by atoms with Gasteiger partial charge >= 0.3 is 0 Å². The van der Waals surface area contributed by atoms with Crippen LogP contribution in [0.1, 0.15) is 24.1 Å². The number of thioether (sulfide) groups is 1. The second-order valence-electron chi connectivity index (χ2n) is 4.28. The summed E-state index contributed by atoms with van der Waals surface area (Å²) in [7, 11) is 1.73. The number of aryl methyl sites for hydroxylation is 1. The normalized spacial score (nSPS) is 12.2. The summed E-state index contributed by atoms with van der Waals surface area (Å²) < 4.78 is 5.43. The fourth-order valence-electron chi connectivity index (χ4n) is 1.80. The molecule has 1 atom stereocenters. The third kappa shape index (κ3) is 4.75. The summed E-state index contributed by atoms with van der Waals surface area (Å²) in [6.07, 6.45) is 1.94. The van der Waals surface area contributed by atoms with Crippen LogP contribution in [-0.2, 0) is 0 Å². The van der Waals surface area contributed by atoms with Crippen LogP contribution >= 0.6 is 11.8 Å². The highest BCUT2D eigenvalue weighted by atomic mass is 32.2. The van der Waals surface area contributed by atoms with Gasteiger partial charge in [-0.2, -0.15) is 11.8 Å². The molecule has 2 nitrogen and oxygen atoms in total. The van der Waals surface area contributed by atoms with Crippen molar-refractivity contribution in [2.45, 2.75) is 19.9 Å². The Morgan fingerprint density at radius 3 is 2.94 bits per heavy atom. The number of ether oxygens (including phenoxy) is 1. The molecule has 0 heterocycles. The van der Waals surface area contributed by atoms with E-state index < -0.39 is 0 Å². The number of hydrogen-bond donors (Lipinski definition) is 1. The SMILES string of the molecule is C=CCSCCNC(C)c1ccc(C)cc1OC. The lowest BCUT2D eigenvalue weighted by atomic mass is 10.1. The van der Waals surface area contributed by atoms with E-state index in [4.69, 9.17) is 4.74 Å². The second-order valence-corrected chi connectivity index (χ2v) is 5.43. The quantitative estimate of drug-likeness (QED) is 0.573. The Morgan fingerprint density at radius 1 is 1.50 bits per heavy atom. The summed E-state index contributed by atoms with van der Waals surface area (Å²) in [5, 5.41) is 3.52. The summed E-state index contributed by atoms with van der Waals surface area (Å²) in [6.45, 7) is 8.96. The van der Waals surface area contributed by atoms with E-state index >= 15 is 0 Å². The molecule has 0 aliphatic rings.